The van der Waals surface area contributed by atoms with Crippen LogP contribution in [0.2, 0.25) is 0 Å². The van der Waals surface area contributed by atoms with Gasteiger partial charge in [0.1, 0.15) is 0 Å². The molecule has 0 aromatic carbocycles. The van der Waals surface area contributed by atoms with Gasteiger partial charge in [0, 0.05) is 13.0 Å². The SMILES string of the molecule is CCCCCCNC(=O)CC(C)CCCC(C)[C@H]1CC[C@H]2[C@@H]3CC=C4C[C@@H](O)CC[C@]4(C)[C@H]3CC[C@]12C. The lowest BCUT2D eigenvalue weighted by Crippen LogP contribution is -2.50. The molecule has 4 rings (SSSR count). The van der Waals surface area contributed by atoms with Gasteiger partial charge >= 0.3 is 0 Å². The number of aliphatic hydroxyl groups excluding tert-OH is 1. The summed E-state index contributed by atoms with van der Waals surface area (Å²) in [7, 11) is 0. The molecule has 0 heterocycles. The van der Waals surface area contributed by atoms with E-state index in [9.17, 15) is 9.90 Å². The molecule has 0 saturated heterocycles. The fourth-order valence-electron chi connectivity index (χ4n) is 9.88. The first-order chi connectivity index (χ1) is 17.7. The van der Waals surface area contributed by atoms with Crippen LogP contribution in [0.25, 0.3) is 0 Å². The quantitative estimate of drug-likeness (QED) is 0.203. The normalized spacial score (nSPS) is 38.6. The largest absolute Gasteiger partial charge is 0.393 e. The number of nitrogens with one attached hydrogen (secondary N) is 1. The van der Waals surface area contributed by atoms with Crippen LogP contribution in [-0.2, 0) is 4.79 Å². The third-order valence-electron chi connectivity index (χ3n) is 12.1. The molecular formula is C34H59NO2. The molecule has 0 radical (unpaired) electrons. The second kappa shape index (κ2) is 12.6. The molecule has 0 spiro atoms. The number of carbonyl (C=O) groups excluding carboxylic acids is 1. The van der Waals surface area contributed by atoms with Crippen LogP contribution in [0.5, 0.6) is 0 Å². The minimum atomic E-state index is -0.103. The van der Waals surface area contributed by atoms with E-state index >= 15 is 0 Å². The number of unbranched alkanes of at least 4 members (excludes halogenated alkanes) is 3. The van der Waals surface area contributed by atoms with Crippen LogP contribution in [0.3, 0.4) is 0 Å². The smallest absolute Gasteiger partial charge is 0.220 e. The van der Waals surface area contributed by atoms with Crippen LogP contribution in [0.4, 0.5) is 0 Å². The zero-order chi connectivity index (χ0) is 26.6. The van der Waals surface area contributed by atoms with Crippen molar-refractivity contribution in [2.45, 2.75) is 143 Å². The maximum atomic E-state index is 12.3. The van der Waals surface area contributed by atoms with Crippen molar-refractivity contribution in [1.29, 1.82) is 0 Å². The first-order valence-corrected chi connectivity index (χ1v) is 16.3. The van der Waals surface area contributed by atoms with Crippen LogP contribution in [0.15, 0.2) is 11.6 Å². The Morgan fingerprint density at radius 2 is 1.84 bits per heavy atom. The number of aliphatic hydroxyl groups is 1. The maximum absolute atomic E-state index is 12.3. The molecule has 2 unspecified atom stereocenters. The number of rotatable bonds is 12. The molecule has 212 valence electrons. The van der Waals surface area contributed by atoms with Crippen LogP contribution in [-0.4, -0.2) is 23.7 Å². The monoisotopic (exact) mass is 513 g/mol. The van der Waals surface area contributed by atoms with Gasteiger partial charge < -0.3 is 10.4 Å². The summed E-state index contributed by atoms with van der Waals surface area (Å²) in [5.41, 5.74) is 2.46. The summed E-state index contributed by atoms with van der Waals surface area (Å²) in [6, 6.07) is 0. The molecular weight excluding hydrogens is 454 g/mol. The van der Waals surface area contributed by atoms with Crippen molar-refractivity contribution in [2.75, 3.05) is 6.54 Å². The van der Waals surface area contributed by atoms with Gasteiger partial charge in [-0.3, -0.25) is 4.79 Å². The van der Waals surface area contributed by atoms with E-state index in [1.165, 1.54) is 77.0 Å². The van der Waals surface area contributed by atoms with Gasteiger partial charge in [-0.2, -0.15) is 0 Å². The summed E-state index contributed by atoms with van der Waals surface area (Å²) < 4.78 is 0. The van der Waals surface area contributed by atoms with Crippen LogP contribution < -0.4 is 5.32 Å². The molecule has 4 aliphatic carbocycles. The van der Waals surface area contributed by atoms with Crippen molar-refractivity contribution in [3.8, 4) is 0 Å². The highest BCUT2D eigenvalue weighted by Gasteiger charge is 2.59. The van der Waals surface area contributed by atoms with Crippen LogP contribution >= 0.6 is 0 Å². The Hall–Kier alpha value is -0.830. The molecule has 2 N–H and O–H groups in total. The van der Waals surface area contributed by atoms with E-state index in [2.05, 4.69) is 46.0 Å². The number of allylic oxidation sites excluding steroid dienone is 1. The highest BCUT2D eigenvalue weighted by Crippen LogP contribution is 2.67. The van der Waals surface area contributed by atoms with E-state index in [0.29, 0.717) is 23.2 Å². The van der Waals surface area contributed by atoms with Gasteiger partial charge in [0.25, 0.3) is 0 Å². The molecule has 0 aliphatic heterocycles. The number of amides is 1. The molecule has 9 atom stereocenters. The predicted molar refractivity (Wildman–Crippen MR) is 155 cm³/mol. The van der Waals surface area contributed by atoms with Gasteiger partial charge in [-0.25, -0.2) is 0 Å². The fraction of sp³-hybridized carbons (Fsp3) is 0.912. The molecule has 0 aromatic rings. The van der Waals surface area contributed by atoms with Crippen molar-refractivity contribution < 1.29 is 9.90 Å². The zero-order valence-corrected chi connectivity index (χ0v) is 25.0. The molecule has 4 aliphatic rings. The minimum Gasteiger partial charge on any atom is -0.393 e. The maximum Gasteiger partial charge on any atom is 0.220 e. The minimum absolute atomic E-state index is 0.103. The van der Waals surface area contributed by atoms with E-state index in [1.54, 1.807) is 5.57 Å². The van der Waals surface area contributed by atoms with Crippen molar-refractivity contribution in [3.05, 3.63) is 11.6 Å². The Labute approximate surface area is 229 Å². The van der Waals surface area contributed by atoms with Crippen molar-refractivity contribution in [1.82, 2.24) is 5.32 Å². The molecule has 3 saturated carbocycles. The number of carbonyl (C=O) groups is 1. The summed E-state index contributed by atoms with van der Waals surface area (Å²) in [6.45, 7) is 13.1. The molecule has 3 heteroatoms. The Kier molecular flexibility index (Phi) is 9.90. The third kappa shape index (κ3) is 6.33. The molecule has 37 heavy (non-hydrogen) atoms. The Morgan fingerprint density at radius 3 is 2.62 bits per heavy atom. The highest BCUT2D eigenvalue weighted by molar-refractivity contribution is 5.76. The van der Waals surface area contributed by atoms with Crippen molar-refractivity contribution >= 4 is 5.91 Å². The lowest BCUT2D eigenvalue weighted by Gasteiger charge is -2.58. The van der Waals surface area contributed by atoms with E-state index < -0.39 is 0 Å². The fourth-order valence-corrected chi connectivity index (χ4v) is 9.88. The summed E-state index contributed by atoms with van der Waals surface area (Å²) >= 11 is 0. The lowest BCUT2D eigenvalue weighted by atomic mass is 9.47. The van der Waals surface area contributed by atoms with Gasteiger partial charge in [0.15, 0.2) is 0 Å². The summed E-state index contributed by atoms with van der Waals surface area (Å²) in [5.74, 6) is 4.99. The Bertz CT molecular complexity index is 791. The molecule has 0 bridgehead atoms. The molecule has 3 fully saturated rings. The molecule has 0 aromatic heterocycles. The summed E-state index contributed by atoms with van der Waals surface area (Å²) in [5, 5.41) is 13.4. The second-order valence-electron chi connectivity index (χ2n) is 14.5. The van der Waals surface area contributed by atoms with Gasteiger partial charge in [-0.15, -0.1) is 0 Å². The van der Waals surface area contributed by atoms with Crippen LogP contribution in [0.1, 0.15) is 137 Å². The summed E-state index contributed by atoms with van der Waals surface area (Å²) in [6.07, 6.45) is 21.9. The number of hydrogen-bond donors (Lipinski definition) is 2. The topological polar surface area (TPSA) is 49.3 Å². The Morgan fingerprint density at radius 1 is 1.03 bits per heavy atom. The third-order valence-corrected chi connectivity index (χ3v) is 12.1. The molecule has 1 amide bonds. The molecule has 3 nitrogen and oxygen atoms in total. The van der Waals surface area contributed by atoms with Crippen LogP contribution in [0, 0.1) is 46.3 Å². The standard InChI is InChI=1S/C34H59NO2/c1-6-7-8-9-21-35-32(37)22-24(2)11-10-12-25(3)29-15-16-30-28-14-13-26-23-27(36)17-19-33(26,4)31(28)18-20-34(29,30)5/h13,24-25,27-31,36H,6-12,14-23H2,1-5H3,(H,35,37)/t24?,25?,27-,28-,29+,30-,31-,33-,34+/m0/s1. The van der Waals surface area contributed by atoms with E-state index in [0.717, 1.165) is 55.4 Å². The Balaban J connectivity index is 1.24. The first-order valence-electron chi connectivity index (χ1n) is 16.3. The van der Waals surface area contributed by atoms with E-state index in [4.69, 9.17) is 0 Å². The lowest BCUT2D eigenvalue weighted by molar-refractivity contribution is -0.121. The highest BCUT2D eigenvalue weighted by atomic mass is 16.3. The van der Waals surface area contributed by atoms with Gasteiger partial charge in [-0.1, -0.05) is 84.8 Å². The van der Waals surface area contributed by atoms with Gasteiger partial charge in [0.2, 0.25) is 5.91 Å². The van der Waals surface area contributed by atoms with Crippen molar-refractivity contribution in [2.24, 2.45) is 46.3 Å². The average molecular weight is 514 g/mol. The van der Waals surface area contributed by atoms with E-state index in [-0.39, 0.29) is 12.0 Å². The zero-order valence-electron chi connectivity index (χ0n) is 25.0. The first kappa shape index (κ1) is 29.2. The predicted octanol–water partition coefficient (Wildman–Crippen LogP) is 8.46. The number of hydrogen-bond acceptors (Lipinski definition) is 2. The average Bonchev–Trinajstić information content (AvgIpc) is 3.21. The van der Waals surface area contributed by atoms with Gasteiger partial charge in [-0.05, 0) is 104 Å². The number of fused-ring (bicyclic) bond motifs is 5. The van der Waals surface area contributed by atoms with E-state index in [1.807, 2.05) is 0 Å². The van der Waals surface area contributed by atoms with Crippen molar-refractivity contribution in [3.63, 3.8) is 0 Å². The summed E-state index contributed by atoms with van der Waals surface area (Å²) in [4.78, 5) is 12.3. The van der Waals surface area contributed by atoms with Gasteiger partial charge in [0.05, 0.1) is 6.10 Å². The second-order valence-corrected chi connectivity index (χ2v) is 14.5.